The predicted octanol–water partition coefficient (Wildman–Crippen LogP) is -0.301. The van der Waals surface area contributed by atoms with Gasteiger partial charge in [-0.15, -0.1) is 0 Å². The van der Waals surface area contributed by atoms with Gasteiger partial charge in [0.25, 0.3) is 5.91 Å². The normalized spacial score (nSPS) is 19.6. The van der Waals surface area contributed by atoms with Crippen molar-refractivity contribution in [3.05, 3.63) is 29.6 Å². The van der Waals surface area contributed by atoms with Crippen molar-refractivity contribution in [2.75, 3.05) is 18.8 Å². The minimum absolute atomic E-state index is 0.139. The number of nitrogens with one attached hydrogen (secondary N) is 1. The molecule has 1 aromatic rings. The van der Waals surface area contributed by atoms with Gasteiger partial charge in [0, 0.05) is 24.5 Å². The number of rotatable bonds is 3. The topological polar surface area (TPSA) is 102 Å². The van der Waals surface area contributed by atoms with E-state index in [1.807, 2.05) is 0 Å². The summed E-state index contributed by atoms with van der Waals surface area (Å²) in [5, 5.41) is 2.17. The zero-order chi connectivity index (χ0) is 15.3. The van der Waals surface area contributed by atoms with Crippen molar-refractivity contribution in [1.82, 2.24) is 10.3 Å². The lowest BCUT2D eigenvalue weighted by molar-refractivity contribution is 0.0953. The summed E-state index contributed by atoms with van der Waals surface area (Å²) >= 11 is 0. The molecule has 21 heavy (non-hydrogen) atoms. The molecule has 6 nitrogen and oxygen atoms in total. The summed E-state index contributed by atoms with van der Waals surface area (Å²) in [4.78, 5) is 16.0. The molecule has 0 aromatic carbocycles. The van der Waals surface area contributed by atoms with Crippen LogP contribution in [-0.4, -0.2) is 43.4 Å². The largest absolute Gasteiger partial charge is 0.351 e. The molecule has 1 atom stereocenters. The molecular weight excluding hydrogens is 290 g/mol. The maximum atomic E-state index is 12.0. The van der Waals surface area contributed by atoms with E-state index in [9.17, 15) is 13.2 Å². The molecule has 1 saturated heterocycles. The number of nitrogens with zero attached hydrogens (tertiary/aromatic N) is 1. The first-order valence-electron chi connectivity index (χ1n) is 6.66. The van der Waals surface area contributed by atoms with Gasteiger partial charge in [-0.1, -0.05) is 11.8 Å². The zero-order valence-electron chi connectivity index (χ0n) is 11.5. The molecule has 112 valence electrons. The van der Waals surface area contributed by atoms with Crippen LogP contribution in [-0.2, 0) is 9.84 Å². The highest BCUT2D eigenvalue weighted by Crippen LogP contribution is 2.19. The van der Waals surface area contributed by atoms with Crippen LogP contribution in [0.1, 0.15) is 28.8 Å². The van der Waals surface area contributed by atoms with Crippen LogP contribution in [0.25, 0.3) is 0 Å². The van der Waals surface area contributed by atoms with Gasteiger partial charge in [-0.2, -0.15) is 0 Å². The number of pyridine rings is 1. The molecule has 0 aliphatic carbocycles. The minimum Gasteiger partial charge on any atom is -0.351 e. The Labute approximate surface area is 124 Å². The minimum atomic E-state index is -3.05. The first kappa shape index (κ1) is 15.5. The average Bonchev–Trinajstić information content (AvgIpc) is 2.81. The lowest BCUT2D eigenvalue weighted by Gasteiger charge is -2.10. The molecular formula is C14H17N3O3S. The highest BCUT2D eigenvalue weighted by Gasteiger charge is 2.31. The molecule has 7 heteroatoms. The molecule has 1 aromatic heterocycles. The molecule has 0 spiro atoms. The maximum Gasteiger partial charge on any atom is 0.252 e. The number of amides is 1. The van der Waals surface area contributed by atoms with Crippen molar-refractivity contribution in [2.45, 2.75) is 18.1 Å². The van der Waals surface area contributed by atoms with E-state index in [1.165, 1.54) is 6.20 Å². The molecule has 1 aliphatic rings. The van der Waals surface area contributed by atoms with E-state index in [0.717, 1.165) is 0 Å². The summed E-state index contributed by atoms with van der Waals surface area (Å²) in [6.07, 6.45) is 4.23. The van der Waals surface area contributed by atoms with E-state index in [1.54, 1.807) is 12.3 Å². The second kappa shape index (κ2) is 6.70. The summed E-state index contributed by atoms with van der Waals surface area (Å²) in [6, 6.07) is 1.61. The standard InChI is InChI=1S/C14H17N3O3S/c15-5-1-3-11-7-12(9-16-8-11)14(18)17-10-13-4-2-6-21(13,19)20/h7-9,13H,2,4-6,10,15H2,(H,17,18). The van der Waals surface area contributed by atoms with Crippen molar-refractivity contribution < 1.29 is 13.2 Å². The van der Waals surface area contributed by atoms with Crippen molar-refractivity contribution >= 4 is 15.7 Å². The van der Waals surface area contributed by atoms with Gasteiger partial charge in [-0.3, -0.25) is 9.78 Å². The quantitative estimate of drug-likeness (QED) is 0.746. The van der Waals surface area contributed by atoms with Crippen LogP contribution in [0.3, 0.4) is 0 Å². The van der Waals surface area contributed by atoms with Crippen LogP contribution < -0.4 is 11.1 Å². The summed E-state index contributed by atoms with van der Waals surface area (Å²) in [6.45, 7) is 0.371. The number of hydrogen-bond donors (Lipinski definition) is 2. The van der Waals surface area contributed by atoms with Crippen molar-refractivity contribution in [3.63, 3.8) is 0 Å². The van der Waals surface area contributed by atoms with Crippen LogP contribution >= 0.6 is 0 Å². The Morgan fingerprint density at radius 3 is 2.95 bits per heavy atom. The van der Waals surface area contributed by atoms with Crippen LogP contribution in [0.5, 0.6) is 0 Å². The Bertz CT molecular complexity index is 689. The Balaban J connectivity index is 2.00. The third-order valence-corrected chi connectivity index (χ3v) is 5.56. The number of carbonyl (C=O) groups is 1. The van der Waals surface area contributed by atoms with Gasteiger partial charge in [0.05, 0.1) is 23.1 Å². The van der Waals surface area contributed by atoms with Gasteiger partial charge in [0.1, 0.15) is 0 Å². The fourth-order valence-electron chi connectivity index (χ4n) is 2.18. The number of nitrogens with two attached hydrogens (primary N) is 1. The monoisotopic (exact) mass is 307 g/mol. The lowest BCUT2D eigenvalue weighted by Crippen LogP contribution is -2.34. The molecule has 3 N–H and O–H groups in total. The van der Waals surface area contributed by atoms with E-state index in [2.05, 4.69) is 22.1 Å². The third-order valence-electron chi connectivity index (χ3n) is 3.29. The maximum absolute atomic E-state index is 12.0. The molecule has 1 unspecified atom stereocenters. The molecule has 2 heterocycles. The number of sulfone groups is 1. The first-order chi connectivity index (χ1) is 10.0. The van der Waals surface area contributed by atoms with E-state index in [0.29, 0.717) is 24.0 Å². The molecule has 1 aliphatic heterocycles. The van der Waals surface area contributed by atoms with E-state index in [4.69, 9.17) is 5.73 Å². The average molecular weight is 307 g/mol. The summed E-state index contributed by atoms with van der Waals surface area (Å²) in [7, 11) is -3.05. The smallest absolute Gasteiger partial charge is 0.252 e. The van der Waals surface area contributed by atoms with E-state index >= 15 is 0 Å². The molecule has 0 bridgehead atoms. The highest BCUT2D eigenvalue weighted by molar-refractivity contribution is 7.92. The first-order valence-corrected chi connectivity index (χ1v) is 8.38. The number of carbonyl (C=O) groups excluding carboxylic acids is 1. The van der Waals surface area contributed by atoms with Crippen molar-refractivity contribution in [3.8, 4) is 11.8 Å². The molecule has 2 rings (SSSR count). The van der Waals surface area contributed by atoms with Crippen LogP contribution in [0.2, 0.25) is 0 Å². The molecule has 1 amide bonds. The van der Waals surface area contributed by atoms with E-state index < -0.39 is 15.1 Å². The Morgan fingerprint density at radius 1 is 1.48 bits per heavy atom. The van der Waals surface area contributed by atoms with Gasteiger partial charge >= 0.3 is 0 Å². The van der Waals surface area contributed by atoms with Crippen LogP contribution in [0.15, 0.2) is 18.5 Å². The third kappa shape index (κ3) is 4.03. The predicted molar refractivity (Wildman–Crippen MR) is 79.3 cm³/mol. The Kier molecular flexibility index (Phi) is 4.94. The van der Waals surface area contributed by atoms with Gasteiger partial charge in [-0.25, -0.2) is 8.42 Å². The summed E-state index contributed by atoms with van der Waals surface area (Å²) in [5.41, 5.74) is 6.24. The van der Waals surface area contributed by atoms with E-state index in [-0.39, 0.29) is 24.7 Å². The molecule has 1 fully saturated rings. The summed E-state index contributed by atoms with van der Waals surface area (Å²) < 4.78 is 23.4. The van der Waals surface area contributed by atoms with Crippen molar-refractivity contribution in [2.24, 2.45) is 5.73 Å². The second-order valence-corrected chi connectivity index (χ2v) is 7.21. The number of hydrogen-bond acceptors (Lipinski definition) is 5. The number of aromatic nitrogens is 1. The highest BCUT2D eigenvalue weighted by atomic mass is 32.2. The SMILES string of the molecule is NCC#Cc1cncc(C(=O)NCC2CCCS2(=O)=O)c1. The van der Waals surface area contributed by atoms with Crippen molar-refractivity contribution in [1.29, 1.82) is 0 Å². The lowest BCUT2D eigenvalue weighted by atomic mass is 10.2. The fourth-order valence-corrected chi connectivity index (χ4v) is 3.95. The molecule has 0 saturated carbocycles. The molecule has 0 radical (unpaired) electrons. The van der Waals surface area contributed by atoms with Gasteiger partial charge in [-0.05, 0) is 18.9 Å². The Morgan fingerprint density at radius 2 is 2.29 bits per heavy atom. The fraction of sp³-hybridized carbons (Fsp3) is 0.429. The summed E-state index contributed by atoms with van der Waals surface area (Å²) in [5.74, 6) is 5.34. The van der Waals surface area contributed by atoms with Crippen LogP contribution in [0.4, 0.5) is 0 Å². The van der Waals surface area contributed by atoms with Gasteiger partial charge < -0.3 is 11.1 Å². The zero-order valence-corrected chi connectivity index (χ0v) is 12.3. The van der Waals surface area contributed by atoms with Gasteiger partial charge in [0.15, 0.2) is 9.84 Å². The Hall–Kier alpha value is -1.91. The second-order valence-electron chi connectivity index (χ2n) is 4.81. The van der Waals surface area contributed by atoms with Gasteiger partial charge in [0.2, 0.25) is 0 Å². The van der Waals surface area contributed by atoms with Crippen LogP contribution in [0, 0.1) is 11.8 Å².